The summed E-state index contributed by atoms with van der Waals surface area (Å²) in [4.78, 5) is 4.61. The van der Waals surface area contributed by atoms with E-state index in [0.717, 1.165) is 34.7 Å². The standard InChI is InChI=1S/C22H28N4O3/c1-4-19(27)15-23-17-9-11-18(12-10-17)26-21(20-8-6-5-7-16(20)2)24-22(25-26)29-14-13-28-3/h5-12,19,23,27H,4,13-15H2,1-3H3. The predicted molar refractivity (Wildman–Crippen MR) is 114 cm³/mol. The molecule has 1 heterocycles. The molecule has 1 atom stereocenters. The van der Waals surface area contributed by atoms with Crippen molar-refractivity contribution in [2.75, 3.05) is 32.2 Å². The molecule has 0 spiro atoms. The molecule has 0 aliphatic heterocycles. The summed E-state index contributed by atoms with van der Waals surface area (Å²) in [5, 5.41) is 17.5. The number of nitrogens with zero attached hydrogens (tertiary/aromatic N) is 3. The van der Waals surface area contributed by atoms with E-state index < -0.39 is 0 Å². The van der Waals surface area contributed by atoms with Crippen molar-refractivity contribution in [1.82, 2.24) is 14.8 Å². The minimum Gasteiger partial charge on any atom is -0.460 e. The van der Waals surface area contributed by atoms with Gasteiger partial charge in [0.1, 0.15) is 6.61 Å². The lowest BCUT2D eigenvalue weighted by molar-refractivity contribution is 0.141. The average Bonchev–Trinajstić information content (AvgIpc) is 3.16. The molecule has 0 aliphatic rings. The minimum absolute atomic E-state index is 0.313. The Kier molecular flexibility index (Phi) is 7.21. The molecule has 3 rings (SSSR count). The van der Waals surface area contributed by atoms with E-state index in [4.69, 9.17) is 9.47 Å². The number of rotatable bonds is 10. The van der Waals surface area contributed by atoms with Crippen LogP contribution in [0.3, 0.4) is 0 Å². The number of aliphatic hydroxyl groups excluding tert-OH is 1. The summed E-state index contributed by atoms with van der Waals surface area (Å²) in [5.74, 6) is 0.720. The molecule has 0 bridgehead atoms. The quantitative estimate of drug-likeness (QED) is 0.511. The third-order valence-electron chi connectivity index (χ3n) is 4.62. The lowest BCUT2D eigenvalue weighted by Crippen LogP contribution is -2.18. The van der Waals surface area contributed by atoms with E-state index in [1.165, 1.54) is 0 Å². The van der Waals surface area contributed by atoms with Crippen molar-refractivity contribution in [2.24, 2.45) is 0 Å². The molecule has 0 aliphatic carbocycles. The first-order valence-corrected chi connectivity index (χ1v) is 9.79. The van der Waals surface area contributed by atoms with Crippen LogP contribution in [-0.4, -0.2) is 52.8 Å². The van der Waals surface area contributed by atoms with Gasteiger partial charge in [0.15, 0.2) is 5.82 Å². The van der Waals surface area contributed by atoms with Gasteiger partial charge in [0.05, 0.1) is 18.4 Å². The molecular weight excluding hydrogens is 368 g/mol. The maximum atomic E-state index is 9.72. The lowest BCUT2D eigenvalue weighted by Gasteiger charge is -2.12. The topological polar surface area (TPSA) is 81.4 Å². The Labute approximate surface area is 171 Å². The van der Waals surface area contributed by atoms with Crippen molar-refractivity contribution < 1.29 is 14.6 Å². The normalized spacial score (nSPS) is 12.0. The van der Waals surface area contributed by atoms with Gasteiger partial charge in [0, 0.05) is 24.9 Å². The van der Waals surface area contributed by atoms with Crippen LogP contribution in [0.15, 0.2) is 48.5 Å². The van der Waals surface area contributed by atoms with Crippen molar-refractivity contribution in [3.63, 3.8) is 0 Å². The van der Waals surface area contributed by atoms with Crippen LogP contribution in [0.2, 0.25) is 0 Å². The molecule has 7 nitrogen and oxygen atoms in total. The van der Waals surface area contributed by atoms with Gasteiger partial charge >= 0.3 is 6.01 Å². The SMILES string of the molecule is CCC(O)CNc1ccc(-n2nc(OCCOC)nc2-c2ccccc2C)cc1. The van der Waals surface area contributed by atoms with Gasteiger partial charge in [-0.1, -0.05) is 31.2 Å². The summed E-state index contributed by atoms with van der Waals surface area (Å²) in [6.45, 7) is 5.38. The minimum atomic E-state index is -0.357. The van der Waals surface area contributed by atoms with E-state index in [9.17, 15) is 5.11 Å². The van der Waals surface area contributed by atoms with Crippen molar-refractivity contribution in [1.29, 1.82) is 0 Å². The lowest BCUT2D eigenvalue weighted by atomic mass is 10.1. The smallest absolute Gasteiger partial charge is 0.336 e. The summed E-state index contributed by atoms with van der Waals surface area (Å²) in [6, 6.07) is 16.2. The van der Waals surface area contributed by atoms with Gasteiger partial charge in [-0.25, -0.2) is 4.68 Å². The fraction of sp³-hybridized carbons (Fsp3) is 0.364. The molecule has 2 N–H and O–H groups in total. The number of ether oxygens (including phenoxy) is 2. The van der Waals surface area contributed by atoms with Crippen LogP contribution in [0.25, 0.3) is 17.1 Å². The fourth-order valence-corrected chi connectivity index (χ4v) is 2.85. The number of hydrogen-bond donors (Lipinski definition) is 2. The fourth-order valence-electron chi connectivity index (χ4n) is 2.85. The number of aryl methyl sites for hydroxylation is 1. The molecule has 1 aromatic heterocycles. The Morgan fingerprint density at radius 3 is 2.55 bits per heavy atom. The highest BCUT2D eigenvalue weighted by atomic mass is 16.5. The van der Waals surface area contributed by atoms with Gasteiger partial charge in [0.25, 0.3) is 0 Å². The Hall–Kier alpha value is -2.90. The van der Waals surface area contributed by atoms with Crippen LogP contribution in [0.4, 0.5) is 5.69 Å². The molecule has 0 saturated carbocycles. The second-order valence-corrected chi connectivity index (χ2v) is 6.78. The van der Waals surface area contributed by atoms with Crippen LogP contribution in [0.1, 0.15) is 18.9 Å². The number of aromatic nitrogens is 3. The van der Waals surface area contributed by atoms with Gasteiger partial charge in [-0.15, -0.1) is 5.10 Å². The second-order valence-electron chi connectivity index (χ2n) is 6.78. The summed E-state index contributed by atoms with van der Waals surface area (Å²) >= 11 is 0. The Balaban J connectivity index is 1.89. The molecule has 3 aromatic rings. The molecule has 0 saturated heterocycles. The van der Waals surface area contributed by atoms with Crippen LogP contribution < -0.4 is 10.1 Å². The Morgan fingerprint density at radius 2 is 1.86 bits per heavy atom. The first-order chi connectivity index (χ1) is 14.1. The number of hydrogen-bond acceptors (Lipinski definition) is 6. The van der Waals surface area contributed by atoms with Crippen LogP contribution in [-0.2, 0) is 4.74 Å². The maximum Gasteiger partial charge on any atom is 0.336 e. The van der Waals surface area contributed by atoms with E-state index in [1.54, 1.807) is 11.8 Å². The molecular formula is C22H28N4O3. The van der Waals surface area contributed by atoms with E-state index in [2.05, 4.69) is 15.4 Å². The molecule has 0 radical (unpaired) electrons. The summed E-state index contributed by atoms with van der Waals surface area (Å²) < 4.78 is 12.5. The molecule has 29 heavy (non-hydrogen) atoms. The molecule has 154 valence electrons. The maximum absolute atomic E-state index is 9.72. The number of aliphatic hydroxyl groups is 1. The summed E-state index contributed by atoms with van der Waals surface area (Å²) in [5.41, 5.74) is 3.92. The highest BCUT2D eigenvalue weighted by molar-refractivity contribution is 5.63. The zero-order valence-corrected chi connectivity index (χ0v) is 17.1. The van der Waals surface area contributed by atoms with E-state index in [-0.39, 0.29) is 6.10 Å². The van der Waals surface area contributed by atoms with E-state index in [1.807, 2.05) is 62.4 Å². The van der Waals surface area contributed by atoms with Crippen molar-refractivity contribution >= 4 is 5.69 Å². The van der Waals surface area contributed by atoms with Gasteiger partial charge in [-0.05, 0) is 43.2 Å². The van der Waals surface area contributed by atoms with Gasteiger partial charge in [0.2, 0.25) is 0 Å². The molecule has 1 unspecified atom stereocenters. The predicted octanol–water partition coefficient (Wildman–Crippen LogP) is 3.45. The Bertz CT molecular complexity index is 909. The first-order valence-electron chi connectivity index (χ1n) is 9.79. The second kappa shape index (κ2) is 10.0. The summed E-state index contributed by atoms with van der Waals surface area (Å²) in [6.07, 6.45) is 0.361. The van der Waals surface area contributed by atoms with E-state index >= 15 is 0 Å². The van der Waals surface area contributed by atoms with Gasteiger partial charge < -0.3 is 19.9 Å². The molecule has 2 aromatic carbocycles. The number of benzene rings is 2. The van der Waals surface area contributed by atoms with E-state index in [0.29, 0.717) is 25.8 Å². The zero-order chi connectivity index (χ0) is 20.6. The highest BCUT2D eigenvalue weighted by Gasteiger charge is 2.16. The zero-order valence-electron chi connectivity index (χ0n) is 17.1. The molecule has 0 fully saturated rings. The Morgan fingerprint density at radius 1 is 1.10 bits per heavy atom. The average molecular weight is 396 g/mol. The van der Waals surface area contributed by atoms with Crippen LogP contribution in [0.5, 0.6) is 6.01 Å². The number of nitrogens with one attached hydrogen (secondary N) is 1. The highest BCUT2D eigenvalue weighted by Crippen LogP contribution is 2.26. The van der Waals surface area contributed by atoms with Crippen molar-refractivity contribution in [2.45, 2.75) is 26.4 Å². The molecule has 0 amide bonds. The van der Waals surface area contributed by atoms with Crippen LogP contribution >= 0.6 is 0 Å². The van der Waals surface area contributed by atoms with Crippen LogP contribution in [0, 0.1) is 6.92 Å². The largest absolute Gasteiger partial charge is 0.460 e. The number of methoxy groups -OCH3 is 1. The van der Waals surface area contributed by atoms with Crippen molar-refractivity contribution in [3.8, 4) is 23.1 Å². The number of anilines is 1. The van der Waals surface area contributed by atoms with Gasteiger partial charge in [-0.3, -0.25) is 0 Å². The first kappa shape index (κ1) is 20.8. The monoisotopic (exact) mass is 396 g/mol. The summed E-state index contributed by atoms with van der Waals surface area (Å²) in [7, 11) is 1.63. The third kappa shape index (κ3) is 5.34. The van der Waals surface area contributed by atoms with Crippen molar-refractivity contribution in [3.05, 3.63) is 54.1 Å². The third-order valence-corrected chi connectivity index (χ3v) is 4.62. The van der Waals surface area contributed by atoms with Gasteiger partial charge in [-0.2, -0.15) is 4.98 Å². The molecule has 7 heteroatoms.